The van der Waals surface area contributed by atoms with Gasteiger partial charge in [-0.05, 0) is 38.8 Å². The molecule has 0 bridgehead atoms. The van der Waals surface area contributed by atoms with Gasteiger partial charge in [0.25, 0.3) is 0 Å². The van der Waals surface area contributed by atoms with Crippen molar-refractivity contribution >= 4 is 11.0 Å². The fraction of sp³-hybridized carbons (Fsp3) is 0.286. The van der Waals surface area contributed by atoms with Crippen molar-refractivity contribution in [1.82, 2.24) is 9.97 Å². The summed E-state index contributed by atoms with van der Waals surface area (Å²) in [4.78, 5) is 8.76. The maximum absolute atomic E-state index is 4.44. The third-order valence-corrected chi connectivity index (χ3v) is 2.01. The summed E-state index contributed by atoms with van der Waals surface area (Å²) >= 11 is 0. The molecule has 0 amide bonds. The Bertz CT molecular complexity index is 568. The predicted molar refractivity (Wildman–Crippen MR) is 65.9 cm³/mol. The van der Waals surface area contributed by atoms with Crippen LogP contribution in [0.15, 0.2) is 30.5 Å². The maximum atomic E-state index is 4.44. The monoisotopic (exact) mass is 210 g/mol. The number of aromatic nitrogens is 2. The highest BCUT2D eigenvalue weighted by molar-refractivity contribution is 5.74. The lowest BCUT2D eigenvalue weighted by molar-refractivity contribution is 0.571. The van der Waals surface area contributed by atoms with Crippen LogP contribution in [-0.2, 0) is 0 Å². The molecule has 0 aliphatic heterocycles. The third kappa shape index (κ3) is 2.58. The van der Waals surface area contributed by atoms with Gasteiger partial charge < -0.3 is 0 Å². The molecular weight excluding hydrogens is 196 g/mol. The Morgan fingerprint density at radius 1 is 1.06 bits per heavy atom. The van der Waals surface area contributed by atoms with Gasteiger partial charge in [0, 0.05) is 5.41 Å². The van der Waals surface area contributed by atoms with Gasteiger partial charge in [-0.15, -0.1) is 0 Å². The van der Waals surface area contributed by atoms with E-state index in [1.807, 2.05) is 24.3 Å². The minimum Gasteiger partial charge on any atom is -0.252 e. The molecule has 0 radical (unpaired) electrons. The number of fused-ring (bicyclic) bond motifs is 1. The first-order chi connectivity index (χ1) is 7.54. The second-order valence-corrected chi connectivity index (χ2v) is 4.74. The van der Waals surface area contributed by atoms with Gasteiger partial charge in [0.1, 0.15) is 5.69 Å². The molecule has 2 heteroatoms. The molecule has 2 nitrogen and oxygen atoms in total. The van der Waals surface area contributed by atoms with Gasteiger partial charge >= 0.3 is 0 Å². The van der Waals surface area contributed by atoms with E-state index in [0.29, 0.717) is 0 Å². The standard InChI is InChI=1S/C14H14N2/c1-14(2,3)9-8-11-10-15-12-6-4-5-7-13(12)16-11/h4-7,10H,1-3H3. The van der Waals surface area contributed by atoms with Gasteiger partial charge in [-0.3, -0.25) is 4.98 Å². The fourth-order valence-corrected chi connectivity index (χ4v) is 1.27. The van der Waals surface area contributed by atoms with E-state index in [1.165, 1.54) is 0 Å². The average molecular weight is 210 g/mol. The Labute approximate surface area is 95.7 Å². The predicted octanol–water partition coefficient (Wildman–Crippen LogP) is 3.03. The summed E-state index contributed by atoms with van der Waals surface area (Å²) in [7, 11) is 0. The Morgan fingerprint density at radius 2 is 1.75 bits per heavy atom. The molecule has 0 saturated heterocycles. The van der Waals surface area contributed by atoms with Crippen LogP contribution >= 0.6 is 0 Å². The Hall–Kier alpha value is -1.88. The van der Waals surface area contributed by atoms with E-state index in [2.05, 4.69) is 42.6 Å². The molecule has 0 aliphatic rings. The zero-order valence-corrected chi connectivity index (χ0v) is 9.78. The number of nitrogens with zero attached hydrogens (tertiary/aromatic N) is 2. The zero-order valence-electron chi connectivity index (χ0n) is 9.78. The summed E-state index contributed by atoms with van der Waals surface area (Å²) in [5.74, 6) is 6.20. The molecule has 2 rings (SSSR count). The quantitative estimate of drug-likeness (QED) is 0.625. The van der Waals surface area contributed by atoms with E-state index in [4.69, 9.17) is 0 Å². The van der Waals surface area contributed by atoms with Crippen LogP contribution in [0.3, 0.4) is 0 Å². The molecule has 0 saturated carbocycles. The van der Waals surface area contributed by atoms with E-state index in [1.54, 1.807) is 6.20 Å². The smallest absolute Gasteiger partial charge is 0.132 e. The molecule has 1 heterocycles. The molecule has 1 aromatic carbocycles. The largest absolute Gasteiger partial charge is 0.252 e. The van der Waals surface area contributed by atoms with Crippen molar-refractivity contribution in [1.29, 1.82) is 0 Å². The van der Waals surface area contributed by atoms with E-state index >= 15 is 0 Å². The number of benzene rings is 1. The number of hydrogen-bond acceptors (Lipinski definition) is 2. The summed E-state index contributed by atoms with van der Waals surface area (Å²) in [5.41, 5.74) is 2.52. The van der Waals surface area contributed by atoms with E-state index < -0.39 is 0 Å². The zero-order chi connectivity index (χ0) is 11.6. The maximum Gasteiger partial charge on any atom is 0.132 e. The molecule has 0 unspecified atom stereocenters. The molecule has 2 aromatic rings. The summed E-state index contributed by atoms with van der Waals surface area (Å²) < 4.78 is 0. The molecule has 0 fully saturated rings. The first-order valence-electron chi connectivity index (χ1n) is 5.30. The molecular formula is C14H14N2. The average Bonchev–Trinajstić information content (AvgIpc) is 2.25. The lowest BCUT2D eigenvalue weighted by Gasteiger charge is -2.06. The van der Waals surface area contributed by atoms with Gasteiger partial charge in [-0.1, -0.05) is 18.1 Å². The van der Waals surface area contributed by atoms with Crippen LogP contribution in [0.4, 0.5) is 0 Å². The minimum atomic E-state index is -0.00662. The summed E-state index contributed by atoms with van der Waals surface area (Å²) in [5, 5.41) is 0. The first-order valence-corrected chi connectivity index (χ1v) is 5.30. The van der Waals surface area contributed by atoms with E-state index in [-0.39, 0.29) is 5.41 Å². The molecule has 0 N–H and O–H groups in total. The van der Waals surface area contributed by atoms with Crippen LogP contribution in [0.2, 0.25) is 0 Å². The molecule has 0 atom stereocenters. The number of para-hydroxylation sites is 2. The van der Waals surface area contributed by atoms with E-state index in [9.17, 15) is 0 Å². The van der Waals surface area contributed by atoms with Gasteiger partial charge in [0.15, 0.2) is 0 Å². The van der Waals surface area contributed by atoms with Crippen molar-refractivity contribution < 1.29 is 0 Å². The van der Waals surface area contributed by atoms with Crippen molar-refractivity contribution in [3.8, 4) is 11.8 Å². The fourth-order valence-electron chi connectivity index (χ4n) is 1.27. The Kier molecular flexibility index (Phi) is 2.62. The highest BCUT2D eigenvalue weighted by atomic mass is 14.8. The second kappa shape index (κ2) is 3.94. The third-order valence-electron chi connectivity index (χ3n) is 2.01. The van der Waals surface area contributed by atoms with Crippen molar-refractivity contribution in [3.63, 3.8) is 0 Å². The van der Waals surface area contributed by atoms with Crippen molar-refractivity contribution in [3.05, 3.63) is 36.2 Å². The van der Waals surface area contributed by atoms with Gasteiger partial charge in [-0.2, -0.15) is 0 Å². The Morgan fingerprint density at radius 3 is 2.44 bits per heavy atom. The SMILES string of the molecule is CC(C)(C)C#Cc1cnc2ccccc2n1. The normalized spacial score (nSPS) is 10.9. The van der Waals surface area contributed by atoms with E-state index in [0.717, 1.165) is 16.7 Å². The molecule has 80 valence electrons. The van der Waals surface area contributed by atoms with Crippen molar-refractivity contribution in [2.24, 2.45) is 5.41 Å². The molecule has 16 heavy (non-hydrogen) atoms. The lowest BCUT2D eigenvalue weighted by atomic mass is 9.98. The van der Waals surface area contributed by atoms with Crippen LogP contribution in [0.1, 0.15) is 26.5 Å². The topological polar surface area (TPSA) is 25.8 Å². The van der Waals surface area contributed by atoms with Crippen LogP contribution in [0.25, 0.3) is 11.0 Å². The first kappa shape index (κ1) is 10.6. The number of rotatable bonds is 0. The van der Waals surface area contributed by atoms with Crippen LogP contribution in [0.5, 0.6) is 0 Å². The number of hydrogen-bond donors (Lipinski definition) is 0. The van der Waals surface area contributed by atoms with Crippen molar-refractivity contribution in [2.45, 2.75) is 20.8 Å². The summed E-state index contributed by atoms with van der Waals surface area (Å²) in [6.45, 7) is 6.23. The molecule has 1 aromatic heterocycles. The van der Waals surface area contributed by atoms with Gasteiger partial charge in [-0.25, -0.2) is 4.98 Å². The van der Waals surface area contributed by atoms with Crippen LogP contribution in [-0.4, -0.2) is 9.97 Å². The summed E-state index contributed by atoms with van der Waals surface area (Å²) in [6.07, 6.45) is 1.72. The van der Waals surface area contributed by atoms with Crippen LogP contribution < -0.4 is 0 Å². The van der Waals surface area contributed by atoms with Crippen LogP contribution in [0, 0.1) is 17.3 Å². The second-order valence-electron chi connectivity index (χ2n) is 4.74. The lowest BCUT2D eigenvalue weighted by Crippen LogP contribution is -1.99. The van der Waals surface area contributed by atoms with Gasteiger partial charge in [0.2, 0.25) is 0 Å². The van der Waals surface area contributed by atoms with Crippen molar-refractivity contribution in [2.75, 3.05) is 0 Å². The summed E-state index contributed by atoms with van der Waals surface area (Å²) in [6, 6.07) is 7.81. The highest BCUT2D eigenvalue weighted by Gasteiger charge is 2.03. The molecule has 0 aliphatic carbocycles. The highest BCUT2D eigenvalue weighted by Crippen LogP contribution is 2.11. The minimum absolute atomic E-state index is 0.00662. The van der Waals surface area contributed by atoms with Gasteiger partial charge in [0.05, 0.1) is 17.2 Å². The molecule has 0 spiro atoms. The Balaban J connectivity index is 2.43.